The molecule has 0 aliphatic carbocycles. The van der Waals surface area contributed by atoms with E-state index in [9.17, 15) is 19.7 Å². The Kier molecular flexibility index (Phi) is 6.31. The van der Waals surface area contributed by atoms with E-state index in [2.05, 4.69) is 10.3 Å². The summed E-state index contributed by atoms with van der Waals surface area (Å²) in [5.74, 6) is -0.0769. The lowest BCUT2D eigenvalue weighted by atomic mass is 10.2. The quantitative estimate of drug-likeness (QED) is 0.422. The maximum Gasteiger partial charge on any atom is 0.271 e. The van der Waals surface area contributed by atoms with Crippen molar-refractivity contribution in [3.63, 3.8) is 0 Å². The highest BCUT2D eigenvalue weighted by atomic mass is 32.2. The fourth-order valence-electron chi connectivity index (χ4n) is 3.12. The number of hydrogen-bond acceptors (Lipinski definition) is 7. The third kappa shape index (κ3) is 5.03. The van der Waals surface area contributed by atoms with Crippen LogP contribution in [-0.4, -0.2) is 32.1 Å². The van der Waals surface area contributed by atoms with Crippen LogP contribution in [0.25, 0.3) is 0 Å². The highest BCUT2D eigenvalue weighted by Gasteiger charge is 2.39. The number of nitro benzene ring substituents is 1. The first-order valence-electron chi connectivity index (χ1n) is 9.68. The Balaban J connectivity index is 1.50. The molecule has 2 amide bonds. The lowest BCUT2D eigenvalue weighted by molar-refractivity contribution is -0.384. The van der Waals surface area contributed by atoms with Crippen molar-refractivity contribution in [2.24, 2.45) is 4.99 Å². The number of thioether (sulfide) groups is 1. The van der Waals surface area contributed by atoms with Crippen LogP contribution >= 0.6 is 11.8 Å². The molecule has 0 unspecified atom stereocenters. The van der Waals surface area contributed by atoms with Crippen molar-refractivity contribution in [1.82, 2.24) is 4.90 Å². The molecule has 2 aromatic carbocycles. The van der Waals surface area contributed by atoms with Crippen LogP contribution < -0.4 is 5.32 Å². The van der Waals surface area contributed by atoms with Gasteiger partial charge in [-0.15, -0.1) is 0 Å². The maximum absolute atomic E-state index is 13.1. The molecule has 1 atom stereocenters. The molecule has 1 fully saturated rings. The SMILES string of the molecule is O=C(C[C@@H]1SC(=Nc2ccccc2)N(Cc2ccco2)C1=O)Nc1cccc([N+](=O)[O-])c1. The van der Waals surface area contributed by atoms with Crippen molar-refractivity contribution in [2.75, 3.05) is 5.32 Å². The molecule has 0 saturated carbocycles. The van der Waals surface area contributed by atoms with Crippen LogP contribution in [0.15, 0.2) is 82.4 Å². The molecule has 32 heavy (non-hydrogen) atoms. The second-order valence-corrected chi connectivity index (χ2v) is 8.07. The number of non-ortho nitro benzene ring substituents is 1. The number of nitrogens with one attached hydrogen (secondary N) is 1. The van der Waals surface area contributed by atoms with E-state index in [4.69, 9.17) is 4.42 Å². The molecule has 1 aliphatic heterocycles. The van der Waals surface area contributed by atoms with Gasteiger partial charge in [0.2, 0.25) is 11.8 Å². The first-order chi connectivity index (χ1) is 15.5. The van der Waals surface area contributed by atoms with Gasteiger partial charge in [0.15, 0.2) is 5.17 Å². The topological polar surface area (TPSA) is 118 Å². The van der Waals surface area contributed by atoms with Gasteiger partial charge in [-0.2, -0.15) is 0 Å². The van der Waals surface area contributed by atoms with Crippen LogP contribution in [0.3, 0.4) is 0 Å². The van der Waals surface area contributed by atoms with Crippen LogP contribution in [0.5, 0.6) is 0 Å². The number of amidine groups is 1. The van der Waals surface area contributed by atoms with Crippen molar-refractivity contribution < 1.29 is 18.9 Å². The lowest BCUT2D eigenvalue weighted by Crippen LogP contribution is -2.33. The predicted octanol–water partition coefficient (Wildman–Crippen LogP) is 4.35. The first kappa shape index (κ1) is 21.3. The molecule has 1 aromatic heterocycles. The number of anilines is 1. The third-order valence-electron chi connectivity index (χ3n) is 4.61. The molecule has 162 valence electrons. The Morgan fingerprint density at radius 2 is 1.97 bits per heavy atom. The summed E-state index contributed by atoms with van der Waals surface area (Å²) in [6.45, 7) is 0.202. The van der Waals surface area contributed by atoms with Crippen molar-refractivity contribution in [3.05, 3.63) is 88.9 Å². The van der Waals surface area contributed by atoms with E-state index in [0.29, 0.717) is 22.3 Å². The Labute approximate surface area is 187 Å². The summed E-state index contributed by atoms with van der Waals surface area (Å²) in [5.41, 5.74) is 0.857. The smallest absolute Gasteiger partial charge is 0.271 e. The van der Waals surface area contributed by atoms with Gasteiger partial charge in [0.05, 0.1) is 23.4 Å². The first-order valence-corrected chi connectivity index (χ1v) is 10.6. The molecule has 0 radical (unpaired) electrons. The Hall–Kier alpha value is -3.92. The second kappa shape index (κ2) is 9.48. The fourth-order valence-corrected chi connectivity index (χ4v) is 4.28. The van der Waals surface area contributed by atoms with Crippen molar-refractivity contribution >= 4 is 45.8 Å². The average molecular weight is 450 g/mol. The van der Waals surface area contributed by atoms with Gasteiger partial charge in [0.1, 0.15) is 11.0 Å². The highest BCUT2D eigenvalue weighted by Crippen LogP contribution is 2.33. The van der Waals surface area contributed by atoms with Crippen molar-refractivity contribution in [3.8, 4) is 0 Å². The molecular formula is C22H18N4O5S. The molecule has 10 heteroatoms. The second-order valence-electron chi connectivity index (χ2n) is 6.90. The summed E-state index contributed by atoms with van der Waals surface area (Å²) in [7, 11) is 0. The number of para-hydroxylation sites is 1. The van der Waals surface area contributed by atoms with E-state index in [1.165, 1.54) is 41.1 Å². The number of benzene rings is 2. The zero-order valence-corrected chi connectivity index (χ0v) is 17.5. The molecule has 1 saturated heterocycles. The van der Waals surface area contributed by atoms with Gasteiger partial charge in [0, 0.05) is 24.2 Å². The largest absolute Gasteiger partial charge is 0.467 e. The van der Waals surface area contributed by atoms with Crippen LogP contribution in [0, 0.1) is 10.1 Å². The zero-order chi connectivity index (χ0) is 22.5. The van der Waals surface area contributed by atoms with E-state index in [-0.39, 0.29) is 24.6 Å². The number of carbonyl (C=O) groups is 2. The van der Waals surface area contributed by atoms with Crippen LogP contribution in [-0.2, 0) is 16.1 Å². The molecule has 2 heterocycles. The lowest BCUT2D eigenvalue weighted by Gasteiger charge is -2.15. The molecule has 4 rings (SSSR count). The van der Waals surface area contributed by atoms with Crippen molar-refractivity contribution in [2.45, 2.75) is 18.2 Å². The van der Waals surface area contributed by atoms with E-state index in [1.54, 1.807) is 18.2 Å². The molecule has 9 nitrogen and oxygen atoms in total. The van der Waals surface area contributed by atoms with Crippen molar-refractivity contribution in [1.29, 1.82) is 0 Å². The van der Waals surface area contributed by atoms with E-state index in [1.807, 2.05) is 30.3 Å². The highest BCUT2D eigenvalue weighted by molar-refractivity contribution is 8.15. The zero-order valence-electron chi connectivity index (χ0n) is 16.7. The number of rotatable bonds is 7. The summed E-state index contributed by atoms with van der Waals surface area (Å²) in [5, 5.41) is 13.4. The monoisotopic (exact) mass is 450 g/mol. The van der Waals surface area contributed by atoms with Gasteiger partial charge in [0.25, 0.3) is 5.69 Å². The normalized spacial score (nSPS) is 17.0. The molecule has 1 aliphatic rings. The molecule has 1 N–H and O–H groups in total. The van der Waals surface area contributed by atoms with Crippen LogP contribution in [0.1, 0.15) is 12.2 Å². The van der Waals surface area contributed by atoms with E-state index in [0.717, 1.165) is 0 Å². The number of furan rings is 1. The number of nitro groups is 1. The summed E-state index contributed by atoms with van der Waals surface area (Å²) in [4.78, 5) is 42.1. The number of hydrogen-bond donors (Lipinski definition) is 1. The molecule has 0 spiro atoms. The number of amides is 2. The average Bonchev–Trinajstić information content (AvgIpc) is 3.39. The Morgan fingerprint density at radius 3 is 2.69 bits per heavy atom. The Morgan fingerprint density at radius 1 is 1.16 bits per heavy atom. The standard InChI is InChI=1S/C22H18N4O5S/c27-20(23-16-8-4-9-17(12-16)26(29)30)13-19-21(28)25(14-18-10-5-11-31-18)22(32-19)24-15-6-2-1-3-7-15/h1-12,19H,13-14H2,(H,23,27)/t19-/m0/s1. The summed E-state index contributed by atoms with van der Waals surface area (Å²) < 4.78 is 5.38. The minimum absolute atomic E-state index is 0.103. The third-order valence-corrected chi connectivity index (χ3v) is 5.78. The minimum Gasteiger partial charge on any atom is -0.467 e. The van der Waals surface area contributed by atoms with Gasteiger partial charge < -0.3 is 9.73 Å². The van der Waals surface area contributed by atoms with Gasteiger partial charge in [-0.1, -0.05) is 36.0 Å². The summed E-state index contributed by atoms with van der Waals surface area (Å²) in [6.07, 6.45) is 1.43. The van der Waals surface area contributed by atoms with Gasteiger partial charge >= 0.3 is 0 Å². The van der Waals surface area contributed by atoms with Gasteiger partial charge in [-0.05, 0) is 30.3 Å². The van der Waals surface area contributed by atoms with Gasteiger partial charge in [-0.3, -0.25) is 24.6 Å². The minimum atomic E-state index is -0.675. The molecular weight excluding hydrogens is 432 g/mol. The maximum atomic E-state index is 13.1. The fraction of sp³-hybridized carbons (Fsp3) is 0.136. The summed E-state index contributed by atoms with van der Waals surface area (Å²) in [6, 6.07) is 18.4. The predicted molar refractivity (Wildman–Crippen MR) is 121 cm³/mol. The van der Waals surface area contributed by atoms with E-state index < -0.39 is 16.1 Å². The number of nitrogens with zero attached hydrogens (tertiary/aromatic N) is 3. The molecule has 3 aromatic rings. The van der Waals surface area contributed by atoms with Crippen LogP contribution in [0.2, 0.25) is 0 Å². The Bertz CT molecular complexity index is 1160. The number of carbonyl (C=O) groups excluding carboxylic acids is 2. The van der Waals surface area contributed by atoms with Gasteiger partial charge in [-0.25, -0.2) is 4.99 Å². The van der Waals surface area contributed by atoms with Crippen LogP contribution in [0.4, 0.5) is 17.1 Å². The molecule has 0 bridgehead atoms. The number of aliphatic imine (C=N–C) groups is 1. The van der Waals surface area contributed by atoms with E-state index >= 15 is 0 Å². The summed E-state index contributed by atoms with van der Waals surface area (Å²) >= 11 is 1.21.